The van der Waals surface area contributed by atoms with E-state index in [2.05, 4.69) is 16.0 Å². The number of carbonyl (C=O) groups excluding carboxylic acids is 2. The number of hydrogen-bond acceptors (Lipinski definition) is 4. The van der Waals surface area contributed by atoms with Gasteiger partial charge in [-0.3, -0.25) is 9.59 Å². The Labute approximate surface area is 182 Å². The van der Waals surface area contributed by atoms with Crippen LogP contribution < -0.4 is 20.7 Å². The fourth-order valence-electron chi connectivity index (χ4n) is 3.05. The van der Waals surface area contributed by atoms with Gasteiger partial charge in [0.05, 0.1) is 13.2 Å². The Morgan fingerprint density at radius 3 is 2.23 bits per heavy atom. The Bertz CT molecular complexity index is 1010. The van der Waals surface area contributed by atoms with E-state index in [1.807, 2.05) is 79.7 Å². The average molecular weight is 418 g/mol. The molecule has 31 heavy (non-hydrogen) atoms. The molecule has 0 bridgehead atoms. The zero-order valence-electron chi connectivity index (χ0n) is 17.6. The van der Waals surface area contributed by atoms with Gasteiger partial charge in [0.1, 0.15) is 5.75 Å². The minimum absolute atomic E-state index is 0.0482. The van der Waals surface area contributed by atoms with Crippen LogP contribution in [0.5, 0.6) is 5.75 Å². The number of nitrogens with one attached hydrogen (secondary N) is 3. The summed E-state index contributed by atoms with van der Waals surface area (Å²) < 4.78 is 5.44. The van der Waals surface area contributed by atoms with Gasteiger partial charge in [-0.1, -0.05) is 42.5 Å². The first-order valence-electron chi connectivity index (χ1n) is 10.3. The number of rotatable bonds is 10. The van der Waals surface area contributed by atoms with E-state index in [9.17, 15) is 9.59 Å². The topological polar surface area (TPSA) is 79.5 Å². The van der Waals surface area contributed by atoms with Gasteiger partial charge < -0.3 is 20.7 Å². The van der Waals surface area contributed by atoms with Crippen LogP contribution in [0.15, 0.2) is 78.9 Å². The van der Waals surface area contributed by atoms with Crippen molar-refractivity contribution >= 4 is 28.9 Å². The first kappa shape index (κ1) is 21.9. The molecule has 0 atom stereocenters. The van der Waals surface area contributed by atoms with E-state index in [4.69, 9.17) is 4.74 Å². The molecule has 0 aliphatic carbocycles. The fourth-order valence-corrected chi connectivity index (χ4v) is 3.05. The normalized spacial score (nSPS) is 10.2. The molecule has 160 valence electrons. The van der Waals surface area contributed by atoms with E-state index >= 15 is 0 Å². The molecular formula is C25H27N3O3. The molecule has 6 heteroatoms. The number of carbonyl (C=O) groups is 2. The summed E-state index contributed by atoms with van der Waals surface area (Å²) in [7, 11) is 0. The summed E-state index contributed by atoms with van der Waals surface area (Å²) in [5, 5.41) is 8.83. The summed E-state index contributed by atoms with van der Waals surface area (Å²) in [6.45, 7) is 2.58. The SMILES string of the molecule is CCOc1cccc(NC(=O)CNc2cccc(NC(=O)CCc3ccccc3)c2)c1. The fraction of sp³-hybridized carbons (Fsp3) is 0.200. The number of aryl methyl sites for hydroxylation is 1. The molecule has 0 heterocycles. The molecule has 0 saturated carbocycles. The lowest BCUT2D eigenvalue weighted by atomic mass is 10.1. The van der Waals surface area contributed by atoms with Crippen molar-refractivity contribution in [2.75, 3.05) is 29.1 Å². The van der Waals surface area contributed by atoms with Gasteiger partial charge in [0.15, 0.2) is 0 Å². The first-order valence-corrected chi connectivity index (χ1v) is 10.3. The lowest BCUT2D eigenvalue weighted by molar-refractivity contribution is -0.116. The third kappa shape index (κ3) is 7.51. The van der Waals surface area contributed by atoms with Crippen molar-refractivity contribution in [2.45, 2.75) is 19.8 Å². The standard InChI is InChI=1S/C25H27N3O3/c1-2-31-23-13-7-12-22(17-23)28-25(30)18-26-20-10-6-11-21(16-20)27-24(29)15-14-19-8-4-3-5-9-19/h3-13,16-17,26H,2,14-15,18H2,1H3,(H,27,29)(H,28,30). The molecule has 0 aliphatic rings. The molecule has 2 amide bonds. The molecule has 0 spiro atoms. The van der Waals surface area contributed by atoms with Crippen molar-refractivity contribution < 1.29 is 14.3 Å². The number of hydrogen-bond donors (Lipinski definition) is 3. The van der Waals surface area contributed by atoms with Gasteiger partial charge in [0.2, 0.25) is 11.8 Å². The molecule has 3 rings (SSSR count). The summed E-state index contributed by atoms with van der Waals surface area (Å²) in [5.41, 5.74) is 3.25. The van der Waals surface area contributed by atoms with Crippen LogP contribution in [0.2, 0.25) is 0 Å². The van der Waals surface area contributed by atoms with Crippen LogP contribution in [0.25, 0.3) is 0 Å². The number of amides is 2. The number of ether oxygens (including phenoxy) is 1. The second-order valence-electron chi connectivity index (χ2n) is 6.98. The Kier molecular flexibility index (Phi) is 8.05. The van der Waals surface area contributed by atoms with Gasteiger partial charge in [0.25, 0.3) is 0 Å². The van der Waals surface area contributed by atoms with Gasteiger partial charge in [-0.15, -0.1) is 0 Å². The maximum Gasteiger partial charge on any atom is 0.243 e. The second-order valence-corrected chi connectivity index (χ2v) is 6.98. The lowest BCUT2D eigenvalue weighted by Crippen LogP contribution is -2.21. The number of benzene rings is 3. The van der Waals surface area contributed by atoms with Crippen LogP contribution in [0.1, 0.15) is 18.9 Å². The Morgan fingerprint density at radius 1 is 0.774 bits per heavy atom. The van der Waals surface area contributed by atoms with E-state index in [0.29, 0.717) is 36.6 Å². The predicted molar refractivity (Wildman–Crippen MR) is 125 cm³/mol. The van der Waals surface area contributed by atoms with Gasteiger partial charge in [-0.05, 0) is 49.2 Å². The predicted octanol–water partition coefficient (Wildman–Crippen LogP) is 4.71. The molecule has 0 radical (unpaired) electrons. The largest absolute Gasteiger partial charge is 0.494 e. The van der Waals surface area contributed by atoms with Crippen LogP contribution in [0.4, 0.5) is 17.1 Å². The molecule has 3 N–H and O–H groups in total. The highest BCUT2D eigenvalue weighted by Gasteiger charge is 2.06. The van der Waals surface area contributed by atoms with Crippen LogP contribution >= 0.6 is 0 Å². The van der Waals surface area contributed by atoms with Crippen molar-refractivity contribution in [1.29, 1.82) is 0 Å². The Balaban J connectivity index is 1.47. The highest BCUT2D eigenvalue weighted by molar-refractivity contribution is 5.94. The van der Waals surface area contributed by atoms with Gasteiger partial charge >= 0.3 is 0 Å². The molecule has 0 fully saturated rings. The highest BCUT2D eigenvalue weighted by atomic mass is 16.5. The molecule has 0 saturated heterocycles. The third-order valence-corrected chi connectivity index (χ3v) is 4.51. The van der Waals surface area contributed by atoms with Crippen molar-refractivity contribution in [1.82, 2.24) is 0 Å². The molecule has 3 aromatic carbocycles. The van der Waals surface area contributed by atoms with Crippen molar-refractivity contribution in [2.24, 2.45) is 0 Å². The quantitative estimate of drug-likeness (QED) is 0.446. The average Bonchev–Trinajstić information content (AvgIpc) is 2.78. The molecular weight excluding hydrogens is 390 g/mol. The molecule has 3 aromatic rings. The zero-order valence-corrected chi connectivity index (χ0v) is 17.6. The van der Waals surface area contributed by atoms with Crippen LogP contribution in [0.3, 0.4) is 0 Å². The van der Waals surface area contributed by atoms with Crippen molar-refractivity contribution in [3.8, 4) is 5.75 Å². The maximum absolute atomic E-state index is 12.3. The summed E-state index contributed by atoms with van der Waals surface area (Å²) in [6, 6.07) is 24.5. The summed E-state index contributed by atoms with van der Waals surface area (Å²) >= 11 is 0. The summed E-state index contributed by atoms with van der Waals surface area (Å²) in [4.78, 5) is 24.5. The minimum atomic E-state index is -0.175. The van der Waals surface area contributed by atoms with E-state index < -0.39 is 0 Å². The maximum atomic E-state index is 12.3. The molecule has 6 nitrogen and oxygen atoms in total. The van der Waals surface area contributed by atoms with Gasteiger partial charge in [-0.25, -0.2) is 0 Å². The molecule has 0 aliphatic heterocycles. The van der Waals surface area contributed by atoms with E-state index in [-0.39, 0.29) is 18.4 Å². The minimum Gasteiger partial charge on any atom is -0.494 e. The molecule has 0 aromatic heterocycles. The highest BCUT2D eigenvalue weighted by Crippen LogP contribution is 2.18. The first-order chi connectivity index (χ1) is 15.1. The summed E-state index contributed by atoms with van der Waals surface area (Å²) in [5.74, 6) is 0.489. The Hall–Kier alpha value is -3.80. The van der Waals surface area contributed by atoms with Gasteiger partial charge in [-0.2, -0.15) is 0 Å². The smallest absolute Gasteiger partial charge is 0.243 e. The van der Waals surface area contributed by atoms with Crippen LogP contribution in [-0.4, -0.2) is 25.0 Å². The van der Waals surface area contributed by atoms with Crippen molar-refractivity contribution in [3.63, 3.8) is 0 Å². The van der Waals surface area contributed by atoms with E-state index in [1.165, 1.54) is 0 Å². The summed E-state index contributed by atoms with van der Waals surface area (Å²) in [6.07, 6.45) is 1.10. The van der Waals surface area contributed by atoms with E-state index in [1.54, 1.807) is 6.07 Å². The second kappa shape index (κ2) is 11.4. The van der Waals surface area contributed by atoms with E-state index in [0.717, 1.165) is 11.3 Å². The van der Waals surface area contributed by atoms with Crippen LogP contribution in [0, 0.1) is 0 Å². The molecule has 0 unspecified atom stereocenters. The van der Waals surface area contributed by atoms with Gasteiger partial charge in [0, 0.05) is 29.5 Å². The van der Waals surface area contributed by atoms with Crippen LogP contribution in [-0.2, 0) is 16.0 Å². The Morgan fingerprint density at radius 2 is 1.45 bits per heavy atom. The third-order valence-electron chi connectivity index (χ3n) is 4.51. The zero-order chi connectivity index (χ0) is 21.9. The lowest BCUT2D eigenvalue weighted by Gasteiger charge is -2.11. The number of anilines is 3. The van der Waals surface area contributed by atoms with Crippen molar-refractivity contribution in [3.05, 3.63) is 84.4 Å². The monoisotopic (exact) mass is 417 g/mol.